The molecule has 5 heteroatoms. The van der Waals surface area contributed by atoms with Gasteiger partial charge in [0.25, 0.3) is 0 Å². The highest BCUT2D eigenvalue weighted by molar-refractivity contribution is 9.10. The zero-order valence-electron chi connectivity index (χ0n) is 9.13. The Kier molecular flexibility index (Phi) is 3.27. The van der Waals surface area contributed by atoms with Crippen LogP contribution in [0.2, 0.25) is 0 Å². The number of benzene rings is 1. The van der Waals surface area contributed by atoms with Gasteiger partial charge in [0, 0.05) is 11.5 Å². The van der Waals surface area contributed by atoms with Gasteiger partial charge < -0.3 is 9.67 Å². The summed E-state index contributed by atoms with van der Waals surface area (Å²) in [6, 6.07) is 7.22. The van der Waals surface area contributed by atoms with Crippen molar-refractivity contribution in [2.45, 2.75) is 6.10 Å². The quantitative estimate of drug-likeness (QED) is 0.922. The number of nitrogens with zero attached hydrogens (tertiary/aromatic N) is 3. The number of imidazole rings is 1. The first-order valence-electron chi connectivity index (χ1n) is 4.97. The van der Waals surface area contributed by atoms with E-state index >= 15 is 0 Å². The van der Waals surface area contributed by atoms with Crippen molar-refractivity contribution in [3.05, 3.63) is 52.0 Å². The topological polar surface area (TPSA) is 61.8 Å². The van der Waals surface area contributed by atoms with E-state index in [9.17, 15) is 5.11 Å². The molecule has 2 aromatic rings. The number of nitriles is 1. The summed E-state index contributed by atoms with van der Waals surface area (Å²) in [5.41, 5.74) is 1.98. The van der Waals surface area contributed by atoms with Crippen molar-refractivity contribution < 1.29 is 5.11 Å². The van der Waals surface area contributed by atoms with E-state index in [1.807, 2.05) is 7.05 Å². The minimum absolute atomic E-state index is 0.547. The Morgan fingerprint density at radius 1 is 1.53 bits per heavy atom. The molecule has 0 aliphatic heterocycles. The fraction of sp³-hybridized carbons (Fsp3) is 0.167. The monoisotopic (exact) mass is 291 g/mol. The van der Waals surface area contributed by atoms with Gasteiger partial charge in [-0.1, -0.05) is 6.07 Å². The molecule has 1 heterocycles. The number of aliphatic hydroxyl groups excluding tert-OH is 1. The first kappa shape index (κ1) is 11.8. The van der Waals surface area contributed by atoms with Crippen molar-refractivity contribution >= 4 is 15.9 Å². The molecular formula is C12H10BrN3O. The van der Waals surface area contributed by atoms with Gasteiger partial charge in [0.15, 0.2) is 0 Å². The molecule has 0 aliphatic rings. The van der Waals surface area contributed by atoms with Crippen LogP contribution >= 0.6 is 15.9 Å². The molecule has 1 atom stereocenters. The summed E-state index contributed by atoms with van der Waals surface area (Å²) in [7, 11) is 1.82. The minimum atomic E-state index is -0.744. The molecule has 1 unspecified atom stereocenters. The predicted molar refractivity (Wildman–Crippen MR) is 66.1 cm³/mol. The molecule has 0 aliphatic carbocycles. The summed E-state index contributed by atoms with van der Waals surface area (Å²) in [5, 5.41) is 19.0. The fourth-order valence-corrected chi connectivity index (χ4v) is 2.08. The maximum atomic E-state index is 10.2. The summed E-state index contributed by atoms with van der Waals surface area (Å²) >= 11 is 3.30. The highest BCUT2D eigenvalue weighted by atomic mass is 79.9. The van der Waals surface area contributed by atoms with Crippen molar-refractivity contribution in [3.63, 3.8) is 0 Å². The van der Waals surface area contributed by atoms with Crippen LogP contribution in [0, 0.1) is 11.3 Å². The number of aliphatic hydroxyl groups is 1. The van der Waals surface area contributed by atoms with Gasteiger partial charge in [-0.3, -0.25) is 0 Å². The summed E-state index contributed by atoms with van der Waals surface area (Å²) in [4.78, 5) is 3.96. The molecule has 0 radical (unpaired) electrons. The SMILES string of the molecule is Cn1cncc1C(O)c1ccc(C#N)c(Br)c1. The van der Waals surface area contributed by atoms with E-state index in [1.54, 1.807) is 35.3 Å². The van der Waals surface area contributed by atoms with Crippen LogP contribution in [0.5, 0.6) is 0 Å². The second-order valence-corrected chi connectivity index (χ2v) is 4.54. The number of hydrogen-bond acceptors (Lipinski definition) is 3. The van der Waals surface area contributed by atoms with Gasteiger partial charge in [-0.15, -0.1) is 0 Å². The van der Waals surface area contributed by atoms with Crippen LogP contribution in [0.15, 0.2) is 35.2 Å². The van der Waals surface area contributed by atoms with Crippen molar-refractivity contribution in [2.24, 2.45) is 7.05 Å². The summed E-state index contributed by atoms with van der Waals surface area (Å²) in [6.07, 6.45) is 2.51. The van der Waals surface area contributed by atoms with E-state index in [1.165, 1.54) is 0 Å². The molecule has 17 heavy (non-hydrogen) atoms. The van der Waals surface area contributed by atoms with Crippen LogP contribution in [-0.2, 0) is 7.05 Å². The Hall–Kier alpha value is -1.64. The van der Waals surface area contributed by atoms with Gasteiger partial charge in [0.05, 0.1) is 23.8 Å². The average molecular weight is 292 g/mol. The van der Waals surface area contributed by atoms with Gasteiger partial charge >= 0.3 is 0 Å². The van der Waals surface area contributed by atoms with Crippen molar-refractivity contribution in [3.8, 4) is 6.07 Å². The standard InChI is InChI=1S/C12H10BrN3O/c1-16-7-15-6-11(16)12(17)8-2-3-9(5-14)10(13)4-8/h2-4,6-7,12,17H,1H3. The van der Waals surface area contributed by atoms with Gasteiger partial charge in [-0.05, 0) is 33.6 Å². The molecule has 0 spiro atoms. The van der Waals surface area contributed by atoms with Gasteiger partial charge in [0.2, 0.25) is 0 Å². The Bertz CT molecular complexity index is 586. The maximum Gasteiger partial charge on any atom is 0.121 e. The largest absolute Gasteiger partial charge is 0.382 e. The summed E-state index contributed by atoms with van der Waals surface area (Å²) in [5.74, 6) is 0. The molecule has 1 aromatic carbocycles. The van der Waals surface area contributed by atoms with Gasteiger partial charge in [-0.25, -0.2) is 4.98 Å². The first-order chi connectivity index (χ1) is 8.13. The highest BCUT2D eigenvalue weighted by Gasteiger charge is 2.14. The van der Waals surface area contributed by atoms with Crippen LogP contribution in [0.4, 0.5) is 0 Å². The molecule has 2 rings (SSSR count). The van der Waals surface area contributed by atoms with E-state index in [2.05, 4.69) is 27.0 Å². The van der Waals surface area contributed by atoms with Crippen molar-refractivity contribution in [1.29, 1.82) is 5.26 Å². The molecule has 4 nitrogen and oxygen atoms in total. The Morgan fingerprint density at radius 3 is 2.82 bits per heavy atom. The van der Waals surface area contributed by atoms with Crippen LogP contribution < -0.4 is 0 Å². The first-order valence-corrected chi connectivity index (χ1v) is 5.76. The Labute approximate surface area is 107 Å². The van der Waals surface area contributed by atoms with Crippen molar-refractivity contribution in [2.75, 3.05) is 0 Å². The van der Waals surface area contributed by atoms with E-state index in [-0.39, 0.29) is 0 Å². The normalized spacial score (nSPS) is 12.1. The molecule has 0 fully saturated rings. The summed E-state index contributed by atoms with van der Waals surface area (Å²) < 4.78 is 2.44. The number of aryl methyl sites for hydroxylation is 1. The smallest absolute Gasteiger partial charge is 0.121 e. The lowest BCUT2D eigenvalue weighted by molar-refractivity contribution is 0.211. The zero-order chi connectivity index (χ0) is 12.4. The average Bonchev–Trinajstić information content (AvgIpc) is 2.74. The number of rotatable bonds is 2. The third-order valence-corrected chi connectivity index (χ3v) is 3.22. The highest BCUT2D eigenvalue weighted by Crippen LogP contribution is 2.25. The molecule has 1 aromatic heterocycles. The number of hydrogen-bond donors (Lipinski definition) is 1. The lowest BCUT2D eigenvalue weighted by Crippen LogP contribution is -2.05. The van der Waals surface area contributed by atoms with Crippen molar-refractivity contribution in [1.82, 2.24) is 9.55 Å². The fourth-order valence-electron chi connectivity index (χ4n) is 1.59. The van der Waals surface area contributed by atoms with E-state index in [0.29, 0.717) is 15.7 Å². The predicted octanol–water partition coefficient (Wildman–Crippen LogP) is 2.14. The van der Waals surface area contributed by atoms with Gasteiger partial charge in [-0.2, -0.15) is 5.26 Å². The maximum absolute atomic E-state index is 10.2. The van der Waals surface area contributed by atoms with E-state index < -0.39 is 6.10 Å². The third-order valence-electron chi connectivity index (χ3n) is 2.56. The minimum Gasteiger partial charge on any atom is -0.382 e. The Balaban J connectivity index is 2.39. The molecule has 0 saturated heterocycles. The molecule has 0 bridgehead atoms. The lowest BCUT2D eigenvalue weighted by Gasteiger charge is -2.12. The number of halogens is 1. The van der Waals surface area contributed by atoms with Crippen LogP contribution in [-0.4, -0.2) is 14.7 Å². The molecule has 86 valence electrons. The van der Waals surface area contributed by atoms with Crippen LogP contribution in [0.3, 0.4) is 0 Å². The Morgan fingerprint density at radius 2 is 2.29 bits per heavy atom. The van der Waals surface area contributed by atoms with Crippen LogP contribution in [0.25, 0.3) is 0 Å². The summed E-state index contributed by atoms with van der Waals surface area (Å²) in [6.45, 7) is 0. The lowest BCUT2D eigenvalue weighted by atomic mass is 10.1. The molecular weight excluding hydrogens is 282 g/mol. The molecule has 1 N–H and O–H groups in total. The second-order valence-electron chi connectivity index (χ2n) is 3.68. The van der Waals surface area contributed by atoms with Crippen LogP contribution in [0.1, 0.15) is 22.9 Å². The van der Waals surface area contributed by atoms with Gasteiger partial charge in [0.1, 0.15) is 12.2 Å². The zero-order valence-corrected chi connectivity index (χ0v) is 10.7. The molecule has 0 saturated carbocycles. The molecule has 0 amide bonds. The third kappa shape index (κ3) is 2.23. The number of aromatic nitrogens is 2. The van der Waals surface area contributed by atoms with E-state index in [4.69, 9.17) is 5.26 Å². The second kappa shape index (κ2) is 4.70. The van der Waals surface area contributed by atoms with E-state index in [0.717, 1.165) is 5.56 Å².